The molecule has 0 heterocycles. The number of unbranched alkanes of at least 4 members (excludes halogenated alkanes) is 1. The Morgan fingerprint density at radius 3 is 1.89 bits per heavy atom. The van der Waals surface area contributed by atoms with Crippen LogP contribution in [0.25, 0.3) is 0 Å². The Morgan fingerprint density at radius 1 is 1.00 bits per heavy atom. The molecule has 0 aromatic carbocycles. The minimum atomic E-state index is -0.236. The maximum atomic E-state index is 11.3. The van der Waals surface area contributed by atoms with Crippen molar-refractivity contribution in [2.24, 2.45) is 0 Å². The molecule has 0 bridgehead atoms. The van der Waals surface area contributed by atoms with Crippen molar-refractivity contribution in [2.45, 2.75) is 56.5 Å². The molecular formula is C13H24O4S2. The zero-order valence-electron chi connectivity index (χ0n) is 11.6. The molecular weight excluding hydrogens is 284 g/mol. The molecule has 0 aromatic rings. The van der Waals surface area contributed by atoms with Gasteiger partial charge in [-0.1, -0.05) is 13.8 Å². The van der Waals surface area contributed by atoms with E-state index in [-0.39, 0.29) is 22.4 Å². The van der Waals surface area contributed by atoms with Crippen LogP contribution in [0.15, 0.2) is 0 Å². The van der Waals surface area contributed by atoms with Crippen molar-refractivity contribution < 1.29 is 19.1 Å². The van der Waals surface area contributed by atoms with Gasteiger partial charge in [0.25, 0.3) is 0 Å². The van der Waals surface area contributed by atoms with Crippen molar-refractivity contribution in [2.75, 3.05) is 13.2 Å². The van der Waals surface area contributed by atoms with Crippen LogP contribution < -0.4 is 0 Å². The summed E-state index contributed by atoms with van der Waals surface area (Å²) in [5, 5.41) is 0.0814. The molecule has 0 radical (unpaired) electrons. The van der Waals surface area contributed by atoms with E-state index < -0.39 is 0 Å². The Hall–Kier alpha value is -0.360. The van der Waals surface area contributed by atoms with Crippen LogP contribution in [-0.4, -0.2) is 35.7 Å². The van der Waals surface area contributed by atoms with Gasteiger partial charge in [-0.3, -0.25) is 9.59 Å². The summed E-state index contributed by atoms with van der Waals surface area (Å²) in [7, 11) is 0. The van der Waals surface area contributed by atoms with Crippen LogP contribution in [0.4, 0.5) is 0 Å². The Bertz CT molecular complexity index is 269. The number of rotatable bonds is 10. The molecule has 0 saturated heterocycles. The summed E-state index contributed by atoms with van der Waals surface area (Å²) in [4.78, 5) is 22.5. The quantitative estimate of drug-likeness (QED) is 0.370. The van der Waals surface area contributed by atoms with E-state index in [1.54, 1.807) is 0 Å². The molecule has 0 saturated carbocycles. The highest BCUT2D eigenvalue weighted by Crippen LogP contribution is 2.07. The number of carbonyl (C=O) groups excluding carboxylic acids is 2. The Balaban J connectivity index is 3.40. The first kappa shape index (κ1) is 18.6. The second kappa shape index (κ2) is 11.5. The van der Waals surface area contributed by atoms with Crippen molar-refractivity contribution in [1.29, 1.82) is 0 Å². The topological polar surface area (TPSA) is 52.6 Å². The molecule has 0 N–H and O–H groups in total. The third-order valence-corrected chi connectivity index (χ3v) is 3.13. The molecule has 0 spiro atoms. The smallest absolute Gasteiger partial charge is 0.306 e. The highest BCUT2D eigenvalue weighted by Gasteiger charge is 2.09. The van der Waals surface area contributed by atoms with Crippen molar-refractivity contribution >= 4 is 37.2 Å². The van der Waals surface area contributed by atoms with Crippen LogP contribution in [-0.2, 0) is 19.1 Å². The second-order valence-corrected chi connectivity index (χ2v) is 6.08. The summed E-state index contributed by atoms with van der Waals surface area (Å²) in [6.45, 7) is 4.55. The molecule has 112 valence electrons. The van der Waals surface area contributed by atoms with E-state index in [1.165, 1.54) is 0 Å². The lowest BCUT2D eigenvalue weighted by molar-refractivity contribution is -0.146. The molecule has 4 nitrogen and oxygen atoms in total. The Morgan fingerprint density at radius 2 is 1.47 bits per heavy atom. The molecule has 0 aliphatic carbocycles. The van der Waals surface area contributed by atoms with Gasteiger partial charge in [0.15, 0.2) is 0 Å². The maximum absolute atomic E-state index is 11.3. The van der Waals surface area contributed by atoms with Gasteiger partial charge in [0.2, 0.25) is 0 Å². The maximum Gasteiger partial charge on any atom is 0.306 e. The van der Waals surface area contributed by atoms with E-state index in [4.69, 9.17) is 9.47 Å². The summed E-state index contributed by atoms with van der Waals surface area (Å²) in [6.07, 6.45) is 2.89. The first-order valence-electron chi connectivity index (χ1n) is 6.63. The van der Waals surface area contributed by atoms with Gasteiger partial charge in [-0.05, 0) is 19.3 Å². The fourth-order valence-electron chi connectivity index (χ4n) is 1.27. The van der Waals surface area contributed by atoms with Gasteiger partial charge in [0.05, 0.1) is 26.1 Å². The van der Waals surface area contributed by atoms with E-state index in [0.29, 0.717) is 38.9 Å². The summed E-state index contributed by atoms with van der Waals surface area (Å²) in [6, 6.07) is 0. The monoisotopic (exact) mass is 308 g/mol. The van der Waals surface area contributed by atoms with Crippen molar-refractivity contribution in [3.8, 4) is 0 Å². The van der Waals surface area contributed by atoms with Gasteiger partial charge >= 0.3 is 11.9 Å². The van der Waals surface area contributed by atoms with Gasteiger partial charge in [0.1, 0.15) is 0 Å². The average molecular weight is 308 g/mol. The molecule has 0 fully saturated rings. The molecule has 0 aliphatic rings. The van der Waals surface area contributed by atoms with Gasteiger partial charge < -0.3 is 9.47 Å². The minimum absolute atomic E-state index is 0.0150. The van der Waals surface area contributed by atoms with Crippen LogP contribution in [0.2, 0.25) is 0 Å². The van der Waals surface area contributed by atoms with Gasteiger partial charge in [0, 0.05) is 10.5 Å². The predicted octanol–water partition coefficient (Wildman–Crippen LogP) is 2.66. The Labute approximate surface area is 126 Å². The number of carbonyl (C=O) groups is 2. The first-order valence-corrected chi connectivity index (χ1v) is 7.66. The van der Waals surface area contributed by atoms with Crippen LogP contribution >= 0.6 is 25.3 Å². The van der Waals surface area contributed by atoms with E-state index in [2.05, 4.69) is 25.3 Å². The highest BCUT2D eigenvalue weighted by atomic mass is 32.1. The molecule has 0 aromatic heterocycles. The number of esters is 2. The third-order valence-electron chi connectivity index (χ3n) is 2.40. The molecule has 6 heteroatoms. The van der Waals surface area contributed by atoms with Crippen LogP contribution in [0.1, 0.15) is 46.0 Å². The summed E-state index contributed by atoms with van der Waals surface area (Å²) >= 11 is 8.34. The standard InChI is InChI=1S/C13H24O4S2/c1-3-11(19)9-13(15)17-7-5-4-6-16-12(14)8-10(2)18/h10-11,18-19H,3-9H2,1-2H3. The van der Waals surface area contributed by atoms with E-state index >= 15 is 0 Å². The largest absolute Gasteiger partial charge is 0.466 e. The highest BCUT2D eigenvalue weighted by molar-refractivity contribution is 7.81. The summed E-state index contributed by atoms with van der Waals surface area (Å²) in [5.41, 5.74) is 0. The number of thiol groups is 2. The minimum Gasteiger partial charge on any atom is -0.466 e. The van der Waals surface area contributed by atoms with Crippen molar-refractivity contribution in [3.63, 3.8) is 0 Å². The third kappa shape index (κ3) is 12.4. The van der Waals surface area contributed by atoms with Crippen molar-refractivity contribution in [1.82, 2.24) is 0 Å². The fraction of sp³-hybridized carbons (Fsp3) is 0.846. The van der Waals surface area contributed by atoms with Crippen LogP contribution in [0, 0.1) is 0 Å². The molecule has 19 heavy (non-hydrogen) atoms. The van der Waals surface area contributed by atoms with Crippen molar-refractivity contribution in [3.05, 3.63) is 0 Å². The van der Waals surface area contributed by atoms with Gasteiger partial charge in [-0.15, -0.1) is 0 Å². The molecule has 0 amide bonds. The zero-order valence-corrected chi connectivity index (χ0v) is 13.4. The normalized spacial score (nSPS) is 13.7. The lowest BCUT2D eigenvalue weighted by Crippen LogP contribution is -2.13. The zero-order chi connectivity index (χ0) is 14.7. The van der Waals surface area contributed by atoms with E-state index in [9.17, 15) is 9.59 Å². The number of hydrogen-bond donors (Lipinski definition) is 2. The SMILES string of the molecule is CCC(S)CC(=O)OCCCCOC(=O)CC(C)S. The predicted molar refractivity (Wildman–Crippen MR) is 81.9 cm³/mol. The molecule has 0 aliphatic heterocycles. The van der Waals surface area contributed by atoms with Gasteiger partial charge in [-0.25, -0.2) is 0 Å². The number of hydrogen-bond acceptors (Lipinski definition) is 6. The van der Waals surface area contributed by atoms with Gasteiger partial charge in [-0.2, -0.15) is 25.3 Å². The molecule has 0 rings (SSSR count). The lowest BCUT2D eigenvalue weighted by atomic mass is 10.2. The summed E-state index contributed by atoms with van der Waals surface area (Å²) in [5.74, 6) is -0.455. The number of ether oxygens (including phenoxy) is 2. The average Bonchev–Trinajstić information content (AvgIpc) is 2.32. The van der Waals surface area contributed by atoms with Crippen LogP contribution in [0.5, 0.6) is 0 Å². The first-order chi connectivity index (χ1) is 8.95. The molecule has 2 unspecified atom stereocenters. The van der Waals surface area contributed by atoms with E-state index in [0.717, 1.165) is 6.42 Å². The second-order valence-electron chi connectivity index (χ2n) is 4.47. The lowest BCUT2D eigenvalue weighted by Gasteiger charge is -2.08. The summed E-state index contributed by atoms with van der Waals surface area (Å²) < 4.78 is 10.0. The van der Waals surface area contributed by atoms with E-state index in [1.807, 2.05) is 13.8 Å². The van der Waals surface area contributed by atoms with Crippen LogP contribution in [0.3, 0.4) is 0 Å². The Kier molecular flexibility index (Phi) is 11.2. The fourth-order valence-corrected chi connectivity index (χ4v) is 1.57. The molecule has 2 atom stereocenters.